The third kappa shape index (κ3) is 5.35. The molecule has 0 amide bonds. The highest BCUT2D eigenvalue weighted by molar-refractivity contribution is 6.32. The maximum atomic E-state index is 13.7. The number of ketones is 2. The number of carbonyl (C=O) groups excluding carboxylic acids is 2. The number of benzene rings is 4. The molecular formula is C34H32O8. The summed E-state index contributed by atoms with van der Waals surface area (Å²) < 4.78 is 11.5. The fourth-order valence-electron chi connectivity index (χ4n) is 5.04. The van der Waals surface area contributed by atoms with Gasteiger partial charge in [0, 0.05) is 12.1 Å². The third-order valence-electron chi connectivity index (χ3n) is 7.34. The molecule has 0 radical (unpaired) electrons. The van der Waals surface area contributed by atoms with Crippen LogP contribution < -0.4 is 9.47 Å². The van der Waals surface area contributed by atoms with Crippen molar-refractivity contribution in [3.8, 4) is 46.0 Å². The molecule has 4 aromatic carbocycles. The molecule has 0 bridgehead atoms. The predicted molar refractivity (Wildman–Crippen MR) is 157 cm³/mol. The number of phenolic OH excluding ortho intramolecular Hbond substituents is 4. The lowest BCUT2D eigenvalue weighted by Gasteiger charge is -2.23. The quantitative estimate of drug-likeness (QED) is 0.127. The van der Waals surface area contributed by atoms with Gasteiger partial charge in [-0.25, -0.2) is 0 Å². The van der Waals surface area contributed by atoms with E-state index in [0.29, 0.717) is 11.5 Å². The Morgan fingerprint density at radius 3 is 1.26 bits per heavy atom. The van der Waals surface area contributed by atoms with Crippen LogP contribution in [0.5, 0.6) is 46.0 Å². The predicted octanol–water partition coefficient (Wildman–Crippen LogP) is 7.55. The molecule has 8 nitrogen and oxygen atoms in total. The Kier molecular flexibility index (Phi) is 8.06. The molecule has 0 saturated carbocycles. The summed E-state index contributed by atoms with van der Waals surface area (Å²) in [6.07, 6.45) is 6.01. The normalized spacial score (nSPS) is 12.1. The number of hydrogen-bond acceptors (Lipinski definition) is 8. The number of aromatic hydroxyl groups is 4. The van der Waals surface area contributed by atoms with Gasteiger partial charge in [-0.05, 0) is 61.1 Å². The fourth-order valence-corrected chi connectivity index (χ4v) is 5.04. The number of unbranched alkanes of at least 4 members (excludes halogenated alkanes) is 2. The van der Waals surface area contributed by atoms with Crippen molar-refractivity contribution in [1.82, 2.24) is 0 Å². The maximum absolute atomic E-state index is 13.7. The van der Waals surface area contributed by atoms with Crippen LogP contribution in [-0.2, 0) is 12.8 Å². The molecule has 4 aromatic rings. The highest BCUT2D eigenvalue weighted by Crippen LogP contribution is 2.50. The molecule has 8 heteroatoms. The van der Waals surface area contributed by atoms with Crippen molar-refractivity contribution >= 4 is 11.6 Å². The smallest absolute Gasteiger partial charge is 0.202 e. The Labute approximate surface area is 243 Å². The molecule has 5 rings (SSSR count). The molecule has 0 aliphatic heterocycles. The molecule has 0 unspecified atom stereocenters. The first-order chi connectivity index (χ1) is 20.2. The van der Waals surface area contributed by atoms with Gasteiger partial charge in [0.1, 0.15) is 23.0 Å². The van der Waals surface area contributed by atoms with Crippen molar-refractivity contribution in [3.63, 3.8) is 0 Å². The first kappa shape index (κ1) is 28.5. The van der Waals surface area contributed by atoms with Gasteiger partial charge in [0.05, 0.1) is 22.3 Å². The average molecular weight is 569 g/mol. The van der Waals surface area contributed by atoms with Gasteiger partial charge >= 0.3 is 0 Å². The van der Waals surface area contributed by atoms with E-state index in [4.69, 9.17) is 9.47 Å². The zero-order chi connectivity index (χ0) is 30.0. The van der Waals surface area contributed by atoms with E-state index in [9.17, 15) is 30.0 Å². The van der Waals surface area contributed by atoms with Crippen LogP contribution in [-0.4, -0.2) is 32.0 Å². The summed E-state index contributed by atoms with van der Waals surface area (Å²) in [6.45, 7) is 4.21. The highest BCUT2D eigenvalue weighted by atomic mass is 16.5. The summed E-state index contributed by atoms with van der Waals surface area (Å²) >= 11 is 0. The molecule has 4 N–H and O–H groups in total. The van der Waals surface area contributed by atoms with E-state index >= 15 is 0 Å². The number of rotatable bonds is 10. The lowest BCUT2D eigenvalue weighted by atomic mass is 9.81. The molecule has 0 saturated heterocycles. The summed E-state index contributed by atoms with van der Waals surface area (Å²) in [5.74, 6) is -4.36. The van der Waals surface area contributed by atoms with Gasteiger partial charge in [0.15, 0.2) is 23.0 Å². The molecule has 216 valence electrons. The van der Waals surface area contributed by atoms with Gasteiger partial charge in [-0.15, -0.1) is 0 Å². The van der Waals surface area contributed by atoms with Crippen molar-refractivity contribution in [3.05, 3.63) is 94.0 Å². The Balaban J connectivity index is 1.49. The standard InChI is InChI=1S/C34H32O8/c1-3-5-7-19-9-13-21(14-10-19)41-25-17-23(35)27-29(31(25)37)34(40)30-28(33(27)39)24(36)18-26(32(30)38)42-22-15-11-20(12-16-22)8-6-4-2/h9-18,35-38H,3-8H2,1-2H3. The van der Waals surface area contributed by atoms with E-state index < -0.39 is 56.8 Å². The number of carbonyl (C=O) groups is 2. The van der Waals surface area contributed by atoms with Crippen LogP contribution in [0.15, 0.2) is 60.7 Å². The minimum Gasteiger partial charge on any atom is -0.507 e. The Bertz CT molecular complexity index is 1530. The molecule has 0 fully saturated rings. The maximum Gasteiger partial charge on any atom is 0.202 e. The molecule has 0 atom stereocenters. The second kappa shape index (κ2) is 11.9. The Morgan fingerprint density at radius 1 is 0.548 bits per heavy atom. The van der Waals surface area contributed by atoms with Crippen LogP contribution in [0.2, 0.25) is 0 Å². The molecule has 42 heavy (non-hydrogen) atoms. The van der Waals surface area contributed by atoms with Crippen molar-refractivity contribution in [2.75, 3.05) is 0 Å². The van der Waals surface area contributed by atoms with Gasteiger partial charge < -0.3 is 29.9 Å². The summed E-state index contributed by atoms with van der Waals surface area (Å²) in [6, 6.07) is 16.4. The molecular weight excluding hydrogens is 536 g/mol. The summed E-state index contributed by atoms with van der Waals surface area (Å²) in [5.41, 5.74) is 0.125. The minimum absolute atomic E-state index is 0.253. The molecule has 0 heterocycles. The minimum atomic E-state index is -0.985. The largest absolute Gasteiger partial charge is 0.507 e. The number of hydrogen-bond donors (Lipinski definition) is 4. The number of aryl methyl sites for hydroxylation is 2. The van der Waals surface area contributed by atoms with E-state index in [1.165, 1.54) is 0 Å². The number of fused-ring (bicyclic) bond motifs is 2. The zero-order valence-electron chi connectivity index (χ0n) is 23.4. The van der Waals surface area contributed by atoms with E-state index in [0.717, 1.165) is 61.8 Å². The SMILES string of the molecule is CCCCc1ccc(Oc2cc(O)c3c(c2O)C(=O)c2c(O)c(Oc4ccc(CCCC)cc4)cc(O)c2C3=O)cc1. The van der Waals surface area contributed by atoms with Crippen LogP contribution in [0, 0.1) is 0 Å². The first-order valence-electron chi connectivity index (χ1n) is 14.0. The lowest BCUT2D eigenvalue weighted by molar-refractivity contribution is 0.0968. The van der Waals surface area contributed by atoms with Crippen LogP contribution in [0.3, 0.4) is 0 Å². The topological polar surface area (TPSA) is 134 Å². The lowest BCUT2D eigenvalue weighted by Crippen LogP contribution is -2.22. The summed E-state index contributed by atoms with van der Waals surface area (Å²) in [5, 5.41) is 43.6. The van der Waals surface area contributed by atoms with Gasteiger partial charge in [-0.1, -0.05) is 51.0 Å². The van der Waals surface area contributed by atoms with E-state index in [1.807, 2.05) is 24.3 Å². The van der Waals surface area contributed by atoms with Crippen LogP contribution >= 0.6 is 0 Å². The second-order valence-electron chi connectivity index (χ2n) is 10.3. The Hall–Kier alpha value is -4.98. The van der Waals surface area contributed by atoms with Gasteiger partial charge in [0.2, 0.25) is 11.6 Å². The zero-order valence-corrected chi connectivity index (χ0v) is 23.4. The number of ether oxygens (including phenoxy) is 2. The molecule has 1 aliphatic rings. The van der Waals surface area contributed by atoms with E-state index in [1.54, 1.807) is 24.3 Å². The van der Waals surface area contributed by atoms with Crippen molar-refractivity contribution < 1.29 is 39.5 Å². The Morgan fingerprint density at radius 2 is 0.905 bits per heavy atom. The average Bonchev–Trinajstić information content (AvgIpc) is 2.98. The molecule has 0 aromatic heterocycles. The first-order valence-corrected chi connectivity index (χ1v) is 14.0. The molecule has 1 aliphatic carbocycles. The molecule has 0 spiro atoms. The van der Waals surface area contributed by atoms with E-state index in [2.05, 4.69) is 13.8 Å². The fraction of sp³-hybridized carbons (Fsp3) is 0.235. The third-order valence-corrected chi connectivity index (χ3v) is 7.34. The number of phenols is 4. The highest BCUT2D eigenvalue weighted by Gasteiger charge is 2.41. The van der Waals surface area contributed by atoms with E-state index in [-0.39, 0.29) is 11.5 Å². The van der Waals surface area contributed by atoms with Crippen molar-refractivity contribution in [1.29, 1.82) is 0 Å². The monoisotopic (exact) mass is 568 g/mol. The summed E-state index contributed by atoms with van der Waals surface area (Å²) in [7, 11) is 0. The van der Waals surface area contributed by atoms with Crippen molar-refractivity contribution in [2.24, 2.45) is 0 Å². The van der Waals surface area contributed by atoms with Gasteiger partial charge in [-0.3, -0.25) is 9.59 Å². The second-order valence-corrected chi connectivity index (χ2v) is 10.3. The van der Waals surface area contributed by atoms with Gasteiger partial charge in [-0.2, -0.15) is 0 Å². The summed E-state index contributed by atoms with van der Waals surface area (Å²) in [4.78, 5) is 27.1. The van der Waals surface area contributed by atoms with Crippen LogP contribution in [0.1, 0.15) is 82.5 Å². The van der Waals surface area contributed by atoms with Crippen LogP contribution in [0.25, 0.3) is 0 Å². The van der Waals surface area contributed by atoms with Crippen LogP contribution in [0.4, 0.5) is 0 Å². The van der Waals surface area contributed by atoms with Gasteiger partial charge in [0.25, 0.3) is 0 Å². The van der Waals surface area contributed by atoms with Crippen molar-refractivity contribution in [2.45, 2.75) is 52.4 Å².